The van der Waals surface area contributed by atoms with Gasteiger partial charge in [0.25, 0.3) is 5.91 Å². The van der Waals surface area contributed by atoms with Gasteiger partial charge in [0.15, 0.2) is 9.84 Å². The number of nitrogens with one attached hydrogen (secondary N) is 3. The molecule has 0 spiro atoms. The van der Waals surface area contributed by atoms with Crippen molar-refractivity contribution < 1.29 is 13.2 Å². The first-order valence-corrected chi connectivity index (χ1v) is 11.3. The average Bonchev–Trinajstić information content (AvgIpc) is 3.42. The topological polar surface area (TPSA) is 121 Å². The third kappa shape index (κ3) is 3.34. The first kappa shape index (κ1) is 19.0. The lowest BCUT2D eigenvalue weighted by molar-refractivity contribution is 0.101. The molecule has 0 saturated heterocycles. The first-order valence-electron chi connectivity index (χ1n) is 9.42. The predicted octanol–water partition coefficient (Wildman–Crippen LogP) is 3.76. The summed E-state index contributed by atoms with van der Waals surface area (Å²) < 4.78 is 24.2. The second-order valence-electron chi connectivity index (χ2n) is 7.18. The van der Waals surface area contributed by atoms with E-state index in [1.807, 2.05) is 42.6 Å². The number of fused-ring (bicyclic) bond motifs is 2. The van der Waals surface area contributed by atoms with Gasteiger partial charge in [-0.3, -0.25) is 9.89 Å². The van der Waals surface area contributed by atoms with E-state index >= 15 is 0 Å². The zero-order valence-corrected chi connectivity index (χ0v) is 17.2. The van der Waals surface area contributed by atoms with Gasteiger partial charge in [0.2, 0.25) is 0 Å². The van der Waals surface area contributed by atoms with Crippen molar-refractivity contribution in [3.8, 4) is 11.1 Å². The van der Waals surface area contributed by atoms with Crippen LogP contribution in [-0.4, -0.2) is 40.7 Å². The van der Waals surface area contributed by atoms with E-state index in [9.17, 15) is 13.2 Å². The molecule has 5 rings (SSSR count). The largest absolute Gasteiger partial charge is 0.361 e. The molecule has 3 aromatic heterocycles. The summed E-state index contributed by atoms with van der Waals surface area (Å²) in [5, 5.41) is 11.6. The molecule has 5 aromatic rings. The standard InChI is InChI=1S/C22H17N5O3S/c1-31(29,30)20-6-3-8-24-21(20)22(28)26-18-10-13(11-19-16(18)12-25-27-19)14-4-2-5-17-15(14)7-9-23-17/h2-12,23H,1H3,(H,25,27)(H,26,28). The number of anilines is 1. The van der Waals surface area contributed by atoms with E-state index < -0.39 is 15.7 Å². The molecule has 3 heterocycles. The van der Waals surface area contributed by atoms with Gasteiger partial charge < -0.3 is 10.3 Å². The molecule has 3 N–H and O–H groups in total. The highest BCUT2D eigenvalue weighted by molar-refractivity contribution is 7.90. The van der Waals surface area contributed by atoms with Gasteiger partial charge in [-0.15, -0.1) is 0 Å². The Hall–Kier alpha value is -3.98. The minimum atomic E-state index is -3.62. The van der Waals surface area contributed by atoms with Crippen LogP contribution in [0.4, 0.5) is 5.69 Å². The highest BCUT2D eigenvalue weighted by atomic mass is 32.2. The number of benzene rings is 2. The van der Waals surface area contributed by atoms with Gasteiger partial charge in [-0.05, 0) is 47.5 Å². The van der Waals surface area contributed by atoms with Gasteiger partial charge in [-0.2, -0.15) is 5.10 Å². The minimum absolute atomic E-state index is 0.121. The Morgan fingerprint density at radius 2 is 1.90 bits per heavy atom. The summed E-state index contributed by atoms with van der Waals surface area (Å²) in [6.07, 6.45) is 5.92. The number of nitrogens with zero attached hydrogens (tertiary/aromatic N) is 2. The van der Waals surface area contributed by atoms with E-state index in [1.54, 1.807) is 6.20 Å². The zero-order chi connectivity index (χ0) is 21.6. The van der Waals surface area contributed by atoms with E-state index in [-0.39, 0.29) is 10.6 Å². The van der Waals surface area contributed by atoms with Crippen LogP contribution in [-0.2, 0) is 9.84 Å². The van der Waals surface area contributed by atoms with Gasteiger partial charge in [0, 0.05) is 34.9 Å². The van der Waals surface area contributed by atoms with E-state index in [1.165, 1.54) is 18.3 Å². The van der Waals surface area contributed by atoms with Crippen molar-refractivity contribution in [1.82, 2.24) is 20.2 Å². The molecule has 1 amide bonds. The third-order valence-corrected chi connectivity index (χ3v) is 6.23. The fourth-order valence-corrected chi connectivity index (χ4v) is 4.51. The number of H-pyrrole nitrogens is 2. The van der Waals surface area contributed by atoms with Crippen LogP contribution in [0.2, 0.25) is 0 Å². The second-order valence-corrected chi connectivity index (χ2v) is 9.16. The number of pyridine rings is 1. The summed E-state index contributed by atoms with van der Waals surface area (Å²) in [7, 11) is -3.62. The molecule has 0 saturated carbocycles. The van der Waals surface area contributed by atoms with Crippen molar-refractivity contribution in [1.29, 1.82) is 0 Å². The Kier molecular flexibility index (Phi) is 4.33. The Balaban J connectivity index is 1.63. The number of amides is 1. The van der Waals surface area contributed by atoms with E-state index in [0.717, 1.165) is 33.8 Å². The molecule has 0 unspecified atom stereocenters. The molecule has 2 aromatic carbocycles. The lowest BCUT2D eigenvalue weighted by atomic mass is 9.99. The average molecular weight is 431 g/mol. The van der Waals surface area contributed by atoms with Crippen LogP contribution < -0.4 is 5.32 Å². The van der Waals surface area contributed by atoms with Crippen molar-refractivity contribution in [2.75, 3.05) is 11.6 Å². The van der Waals surface area contributed by atoms with Crippen molar-refractivity contribution >= 4 is 43.2 Å². The number of carbonyl (C=O) groups is 1. The Morgan fingerprint density at radius 1 is 1.03 bits per heavy atom. The molecule has 0 fully saturated rings. The number of rotatable bonds is 4. The Labute approximate surface area is 177 Å². The molecular formula is C22H17N5O3S. The monoisotopic (exact) mass is 431 g/mol. The summed E-state index contributed by atoms with van der Waals surface area (Å²) in [5.41, 5.74) is 3.95. The summed E-state index contributed by atoms with van der Waals surface area (Å²) in [6, 6.07) is 14.6. The number of aromatic amines is 2. The zero-order valence-electron chi connectivity index (χ0n) is 16.4. The Bertz CT molecular complexity index is 1570. The second kappa shape index (κ2) is 7.06. The Morgan fingerprint density at radius 3 is 2.74 bits per heavy atom. The van der Waals surface area contributed by atoms with Crippen LogP contribution in [0, 0.1) is 0 Å². The molecule has 0 aliphatic rings. The molecule has 9 heteroatoms. The molecule has 0 radical (unpaired) electrons. The fourth-order valence-electron chi connectivity index (χ4n) is 3.69. The maximum atomic E-state index is 13.0. The quantitative estimate of drug-likeness (QED) is 0.400. The van der Waals surface area contributed by atoms with Gasteiger partial charge in [0.1, 0.15) is 5.69 Å². The number of hydrogen-bond acceptors (Lipinski definition) is 5. The maximum Gasteiger partial charge on any atom is 0.275 e. The molecule has 154 valence electrons. The van der Waals surface area contributed by atoms with Crippen molar-refractivity contribution in [3.05, 3.63) is 72.8 Å². The van der Waals surface area contributed by atoms with Crippen molar-refractivity contribution in [2.24, 2.45) is 0 Å². The predicted molar refractivity (Wildman–Crippen MR) is 119 cm³/mol. The normalized spacial score (nSPS) is 11.8. The lowest BCUT2D eigenvalue weighted by Gasteiger charge is -2.11. The molecule has 8 nitrogen and oxygen atoms in total. The first-order chi connectivity index (χ1) is 14.9. The highest BCUT2D eigenvalue weighted by Gasteiger charge is 2.21. The maximum absolute atomic E-state index is 13.0. The van der Waals surface area contributed by atoms with Crippen LogP contribution in [0.5, 0.6) is 0 Å². The molecule has 0 aliphatic carbocycles. The van der Waals surface area contributed by atoms with Crippen LogP contribution in [0.15, 0.2) is 72.0 Å². The summed E-state index contributed by atoms with van der Waals surface area (Å²) >= 11 is 0. The minimum Gasteiger partial charge on any atom is -0.361 e. The van der Waals surface area contributed by atoms with Crippen LogP contribution in [0.25, 0.3) is 32.9 Å². The van der Waals surface area contributed by atoms with Crippen molar-refractivity contribution in [3.63, 3.8) is 0 Å². The van der Waals surface area contributed by atoms with Crippen LogP contribution in [0.1, 0.15) is 10.5 Å². The van der Waals surface area contributed by atoms with Gasteiger partial charge >= 0.3 is 0 Å². The number of sulfone groups is 1. The molecule has 0 atom stereocenters. The van der Waals surface area contributed by atoms with E-state index in [4.69, 9.17) is 0 Å². The fraction of sp³-hybridized carbons (Fsp3) is 0.0455. The summed E-state index contributed by atoms with van der Waals surface area (Å²) in [6.45, 7) is 0. The summed E-state index contributed by atoms with van der Waals surface area (Å²) in [4.78, 5) is 20.1. The van der Waals surface area contributed by atoms with Gasteiger partial charge in [-0.25, -0.2) is 13.4 Å². The smallest absolute Gasteiger partial charge is 0.275 e. The van der Waals surface area contributed by atoms with Gasteiger partial charge in [0.05, 0.1) is 22.3 Å². The third-order valence-electron chi connectivity index (χ3n) is 5.10. The van der Waals surface area contributed by atoms with Crippen LogP contribution >= 0.6 is 0 Å². The molecule has 0 aliphatic heterocycles. The van der Waals surface area contributed by atoms with Crippen molar-refractivity contribution in [2.45, 2.75) is 4.90 Å². The highest BCUT2D eigenvalue weighted by Crippen LogP contribution is 2.34. The number of hydrogen-bond donors (Lipinski definition) is 3. The number of aromatic nitrogens is 4. The molecule has 31 heavy (non-hydrogen) atoms. The summed E-state index contributed by atoms with van der Waals surface area (Å²) in [5.74, 6) is -0.611. The van der Waals surface area contributed by atoms with E-state index in [0.29, 0.717) is 11.1 Å². The number of carbonyl (C=O) groups excluding carboxylic acids is 1. The molecular weight excluding hydrogens is 414 g/mol. The lowest BCUT2D eigenvalue weighted by Crippen LogP contribution is -2.18. The SMILES string of the molecule is CS(=O)(=O)c1cccnc1C(=O)Nc1cc(-c2cccc3[nH]ccc23)cc2[nH]ncc12. The van der Waals surface area contributed by atoms with Gasteiger partial charge in [-0.1, -0.05) is 12.1 Å². The van der Waals surface area contributed by atoms with Crippen LogP contribution in [0.3, 0.4) is 0 Å². The molecule has 0 bridgehead atoms. The van der Waals surface area contributed by atoms with E-state index in [2.05, 4.69) is 25.5 Å².